The zero-order valence-corrected chi connectivity index (χ0v) is 18.5. The van der Waals surface area contributed by atoms with Gasteiger partial charge in [-0.05, 0) is 40.2 Å². The van der Waals surface area contributed by atoms with Gasteiger partial charge < -0.3 is 19.9 Å². The molecule has 7 nitrogen and oxygen atoms in total. The maximum Gasteiger partial charge on any atom is 0.417 e. The number of ether oxygens (including phenoxy) is 2. The van der Waals surface area contributed by atoms with Crippen LogP contribution in [-0.4, -0.2) is 51.3 Å². The molecule has 0 fully saturated rings. The van der Waals surface area contributed by atoms with E-state index in [4.69, 9.17) is 28.6 Å². The summed E-state index contributed by atoms with van der Waals surface area (Å²) in [5, 5.41) is 13.0. The number of allylic oxidation sites excluding steroid dienone is 2. The number of carbonyl (C=O) groups excluding carboxylic acids is 2. The zero-order valence-electron chi connectivity index (χ0n) is 16.9. The average Bonchev–Trinajstić information content (AvgIpc) is 2.56. The van der Waals surface area contributed by atoms with Gasteiger partial charge in [-0.1, -0.05) is 29.9 Å². The predicted molar refractivity (Wildman–Crippen MR) is 110 cm³/mol. The number of amides is 2. The molecule has 2 rings (SSSR count). The van der Waals surface area contributed by atoms with Gasteiger partial charge in [0.15, 0.2) is 0 Å². The number of rotatable bonds is 4. The molecule has 11 heteroatoms. The second-order valence-corrected chi connectivity index (χ2v) is 8.77. The Bertz CT molecular complexity index is 850. The van der Waals surface area contributed by atoms with Crippen LogP contribution >= 0.6 is 23.8 Å². The van der Waals surface area contributed by atoms with Crippen molar-refractivity contribution in [2.75, 3.05) is 6.54 Å². The minimum absolute atomic E-state index is 0.0320. The lowest BCUT2D eigenvalue weighted by Gasteiger charge is -2.36. The summed E-state index contributed by atoms with van der Waals surface area (Å²) in [6.07, 6.45) is 2.30. The number of nitrogens with zero attached hydrogens (tertiary/aromatic N) is 1. The molecule has 1 unspecified atom stereocenters. The van der Waals surface area contributed by atoms with Crippen molar-refractivity contribution in [3.05, 3.63) is 34.3 Å². The van der Waals surface area contributed by atoms with Crippen LogP contribution in [0.4, 0.5) is 13.6 Å². The summed E-state index contributed by atoms with van der Waals surface area (Å²) in [6, 6.07) is 0. The highest BCUT2D eigenvalue weighted by molar-refractivity contribution is 7.80. The summed E-state index contributed by atoms with van der Waals surface area (Å²) in [7, 11) is 0. The number of carbonyl (C=O) groups is 2. The van der Waals surface area contributed by atoms with Crippen LogP contribution in [-0.2, 0) is 14.3 Å². The maximum absolute atomic E-state index is 12.9. The van der Waals surface area contributed by atoms with Gasteiger partial charge in [0.05, 0.1) is 10.6 Å². The van der Waals surface area contributed by atoms with Gasteiger partial charge in [-0.2, -0.15) is 8.78 Å². The molecule has 0 aromatic heterocycles. The van der Waals surface area contributed by atoms with Crippen molar-refractivity contribution in [3.63, 3.8) is 0 Å². The van der Waals surface area contributed by atoms with Crippen molar-refractivity contribution in [2.45, 2.75) is 58.3 Å². The summed E-state index contributed by atoms with van der Waals surface area (Å²) < 4.78 is 35.5. The van der Waals surface area contributed by atoms with E-state index in [1.54, 1.807) is 26.8 Å². The molecule has 166 valence electrons. The highest BCUT2D eigenvalue weighted by Gasteiger charge is 2.41. The first-order chi connectivity index (χ1) is 13.7. The molecule has 30 heavy (non-hydrogen) atoms. The van der Waals surface area contributed by atoms with E-state index in [0.29, 0.717) is 0 Å². The van der Waals surface area contributed by atoms with Crippen molar-refractivity contribution in [3.8, 4) is 0 Å². The fourth-order valence-corrected chi connectivity index (χ4v) is 3.72. The van der Waals surface area contributed by atoms with Crippen molar-refractivity contribution < 1.29 is 33.0 Å². The molecule has 0 aromatic carbocycles. The lowest BCUT2D eigenvalue weighted by Crippen LogP contribution is -2.52. The zero-order chi connectivity index (χ0) is 22.9. The van der Waals surface area contributed by atoms with Gasteiger partial charge in [0.25, 0.3) is 5.91 Å². The van der Waals surface area contributed by atoms with Crippen LogP contribution in [0.2, 0.25) is 0 Å². The molecule has 0 spiro atoms. The predicted octanol–water partition coefficient (Wildman–Crippen LogP) is 4.29. The SMILES string of the molecule is CC(C)(C)OC(=O)N1CCC(O)=C(C(=S)NC2(C)CC=CC(Cl)=C2OC(F)F)C1=O. The van der Waals surface area contributed by atoms with Gasteiger partial charge in [0.1, 0.15) is 27.7 Å². The fraction of sp³-hybridized carbons (Fsp3) is 0.526. The highest BCUT2D eigenvalue weighted by atomic mass is 35.5. The maximum atomic E-state index is 12.9. The van der Waals surface area contributed by atoms with E-state index < -0.39 is 29.8 Å². The van der Waals surface area contributed by atoms with Gasteiger partial charge in [-0.15, -0.1) is 0 Å². The number of hydrogen-bond donors (Lipinski definition) is 2. The Balaban J connectivity index is 2.27. The number of halogens is 3. The van der Waals surface area contributed by atoms with Crippen molar-refractivity contribution >= 4 is 40.8 Å². The van der Waals surface area contributed by atoms with Crippen LogP contribution in [0.1, 0.15) is 40.5 Å². The van der Waals surface area contributed by atoms with Crippen LogP contribution in [0.25, 0.3) is 0 Å². The number of nitrogens with one attached hydrogen (secondary N) is 1. The Kier molecular flexibility index (Phi) is 7.13. The van der Waals surface area contributed by atoms with Crippen LogP contribution < -0.4 is 5.32 Å². The summed E-state index contributed by atoms with van der Waals surface area (Å²) in [6.45, 7) is 3.26. The van der Waals surface area contributed by atoms with E-state index in [2.05, 4.69) is 10.1 Å². The van der Waals surface area contributed by atoms with E-state index in [1.807, 2.05) is 0 Å². The van der Waals surface area contributed by atoms with Gasteiger partial charge in [-0.25, -0.2) is 9.69 Å². The first kappa shape index (κ1) is 24.1. The minimum atomic E-state index is -3.12. The quantitative estimate of drug-likeness (QED) is 0.600. The minimum Gasteiger partial charge on any atom is -0.511 e. The van der Waals surface area contributed by atoms with Crippen LogP contribution in [0, 0.1) is 0 Å². The molecule has 2 N–H and O–H groups in total. The summed E-state index contributed by atoms with van der Waals surface area (Å²) in [4.78, 5) is 25.8. The number of hydrogen-bond acceptors (Lipinski definition) is 6. The second-order valence-electron chi connectivity index (χ2n) is 7.96. The van der Waals surface area contributed by atoms with E-state index >= 15 is 0 Å². The Morgan fingerprint density at radius 3 is 2.63 bits per heavy atom. The lowest BCUT2D eigenvalue weighted by molar-refractivity contribution is -0.127. The third-order valence-corrected chi connectivity index (χ3v) is 4.87. The van der Waals surface area contributed by atoms with E-state index in [0.717, 1.165) is 4.90 Å². The van der Waals surface area contributed by atoms with Gasteiger partial charge in [0, 0.05) is 13.0 Å². The molecule has 1 aliphatic heterocycles. The molecule has 1 heterocycles. The van der Waals surface area contributed by atoms with E-state index in [1.165, 1.54) is 13.0 Å². The normalized spacial score (nSPS) is 22.5. The molecular weight excluding hydrogens is 442 g/mol. The first-order valence-electron chi connectivity index (χ1n) is 9.06. The third-order valence-electron chi connectivity index (χ3n) is 4.27. The summed E-state index contributed by atoms with van der Waals surface area (Å²) in [5.74, 6) is -1.43. The monoisotopic (exact) mass is 464 g/mol. The Hall–Kier alpha value is -2.20. The standard InChI is InChI=1S/C19H23ClF2N2O5S/c1-18(2,3)29-17(27)24-9-7-11(25)12(15(24)26)14(30)23-19(4)8-5-6-10(20)13(19)28-16(21)22/h5-6,16,25H,7-9H2,1-4H3,(H,23,30). The molecule has 0 bridgehead atoms. The van der Waals surface area contributed by atoms with Crippen LogP contribution in [0.5, 0.6) is 0 Å². The average molecular weight is 465 g/mol. The Labute approximate surface area is 183 Å². The number of aliphatic hydroxyl groups excluding tert-OH is 1. The second kappa shape index (κ2) is 8.89. The molecule has 1 aliphatic carbocycles. The Morgan fingerprint density at radius 2 is 2.07 bits per heavy atom. The molecular formula is C19H23ClF2N2O5S. The highest BCUT2D eigenvalue weighted by Crippen LogP contribution is 2.34. The lowest BCUT2D eigenvalue weighted by atomic mass is 9.90. The van der Waals surface area contributed by atoms with Crippen molar-refractivity contribution in [1.82, 2.24) is 10.2 Å². The van der Waals surface area contributed by atoms with Gasteiger partial charge >= 0.3 is 12.7 Å². The largest absolute Gasteiger partial charge is 0.511 e. The van der Waals surface area contributed by atoms with E-state index in [9.17, 15) is 23.5 Å². The summed E-state index contributed by atoms with van der Waals surface area (Å²) in [5.41, 5.74) is -2.45. The number of aliphatic hydroxyl groups is 1. The molecule has 2 aliphatic rings. The fourth-order valence-electron chi connectivity index (χ4n) is 2.95. The first-order valence-corrected chi connectivity index (χ1v) is 9.85. The van der Waals surface area contributed by atoms with Gasteiger partial charge in [-0.3, -0.25) is 4.79 Å². The van der Waals surface area contributed by atoms with E-state index in [-0.39, 0.29) is 46.5 Å². The molecule has 0 saturated heterocycles. The molecule has 2 amide bonds. The Morgan fingerprint density at radius 1 is 1.43 bits per heavy atom. The van der Waals surface area contributed by atoms with Crippen molar-refractivity contribution in [2.24, 2.45) is 0 Å². The molecule has 0 saturated carbocycles. The van der Waals surface area contributed by atoms with Crippen LogP contribution in [0.15, 0.2) is 34.3 Å². The summed E-state index contributed by atoms with van der Waals surface area (Å²) >= 11 is 11.3. The molecule has 0 radical (unpaired) electrons. The number of imide groups is 1. The number of thiocarbonyl (C=S) groups is 1. The topological polar surface area (TPSA) is 88.1 Å². The van der Waals surface area contributed by atoms with Crippen LogP contribution in [0.3, 0.4) is 0 Å². The smallest absolute Gasteiger partial charge is 0.417 e. The van der Waals surface area contributed by atoms with Gasteiger partial charge in [0.2, 0.25) is 0 Å². The number of alkyl halides is 2. The molecule has 1 atom stereocenters. The third kappa shape index (κ3) is 5.48. The van der Waals surface area contributed by atoms with Crippen molar-refractivity contribution in [1.29, 1.82) is 0 Å². The molecule has 0 aromatic rings.